The first kappa shape index (κ1) is 25.4. The molecule has 10 nitrogen and oxygen atoms in total. The van der Waals surface area contributed by atoms with Crippen molar-refractivity contribution < 1.29 is 27.7 Å². The molecule has 12 heteroatoms. The van der Waals surface area contributed by atoms with Crippen molar-refractivity contribution in [3.05, 3.63) is 33.3 Å². The number of likely N-dealkylation sites (tertiary alicyclic amines) is 1. The maximum atomic E-state index is 13.0. The summed E-state index contributed by atoms with van der Waals surface area (Å²) in [5.41, 5.74) is -0.376. The molecule has 2 unspecified atom stereocenters. The minimum atomic E-state index is -4.07. The van der Waals surface area contributed by atoms with Gasteiger partial charge in [-0.3, -0.25) is 19.7 Å². The van der Waals surface area contributed by atoms with Crippen molar-refractivity contribution in [1.29, 1.82) is 0 Å². The van der Waals surface area contributed by atoms with Gasteiger partial charge in [-0.05, 0) is 52.0 Å². The summed E-state index contributed by atoms with van der Waals surface area (Å²) in [6.45, 7) is 3.72. The lowest BCUT2D eigenvalue weighted by Gasteiger charge is -2.39. The zero-order valence-electron chi connectivity index (χ0n) is 18.6. The van der Waals surface area contributed by atoms with Gasteiger partial charge in [0.25, 0.3) is 11.6 Å². The molecule has 33 heavy (non-hydrogen) atoms. The third-order valence-electron chi connectivity index (χ3n) is 6.35. The lowest BCUT2D eigenvalue weighted by Crippen LogP contribution is -2.49. The molecule has 0 radical (unpaired) electrons. The Hall–Kier alpha value is -2.24. The van der Waals surface area contributed by atoms with Crippen LogP contribution < -0.4 is 0 Å². The summed E-state index contributed by atoms with van der Waals surface area (Å²) in [5, 5.41) is 10.9. The fraction of sp³-hybridized carbons (Fsp3) is 0.619. The fourth-order valence-corrected chi connectivity index (χ4v) is 6.48. The van der Waals surface area contributed by atoms with E-state index < -0.39 is 26.8 Å². The highest BCUT2D eigenvalue weighted by molar-refractivity contribution is 7.89. The Morgan fingerprint density at radius 2 is 1.76 bits per heavy atom. The SMILES string of the molecule is CC1CCCC(C)N1C(=O)COC(=O)C1CCN(S(=O)(=O)c2cc([N+](=O)[O-])ccc2Cl)CC1. The number of nitro benzene ring substituents is 1. The molecule has 1 aromatic carbocycles. The van der Waals surface area contributed by atoms with E-state index in [1.54, 1.807) is 4.90 Å². The van der Waals surface area contributed by atoms with Crippen molar-refractivity contribution in [2.75, 3.05) is 19.7 Å². The minimum Gasteiger partial charge on any atom is -0.455 e. The number of hydrogen-bond acceptors (Lipinski definition) is 7. The Balaban J connectivity index is 1.57. The number of esters is 1. The quantitative estimate of drug-likeness (QED) is 0.333. The first-order chi connectivity index (χ1) is 15.5. The third kappa shape index (κ3) is 5.64. The summed E-state index contributed by atoms with van der Waals surface area (Å²) in [7, 11) is -4.07. The Morgan fingerprint density at radius 1 is 1.15 bits per heavy atom. The van der Waals surface area contributed by atoms with Gasteiger partial charge in [-0.2, -0.15) is 4.31 Å². The predicted octanol–water partition coefficient (Wildman–Crippen LogP) is 2.98. The Labute approximate surface area is 198 Å². The van der Waals surface area contributed by atoms with Crippen LogP contribution in [-0.2, 0) is 24.3 Å². The fourth-order valence-electron chi connectivity index (χ4n) is 4.51. The van der Waals surface area contributed by atoms with E-state index in [2.05, 4.69) is 0 Å². The molecule has 0 N–H and O–H groups in total. The van der Waals surface area contributed by atoms with Crippen LogP contribution in [0.5, 0.6) is 0 Å². The number of hydrogen-bond donors (Lipinski definition) is 0. The maximum absolute atomic E-state index is 13.0. The van der Waals surface area contributed by atoms with E-state index in [0.29, 0.717) is 0 Å². The van der Waals surface area contributed by atoms with Crippen LogP contribution in [0, 0.1) is 16.0 Å². The summed E-state index contributed by atoms with van der Waals surface area (Å²) in [6.07, 6.45) is 3.34. The van der Waals surface area contributed by atoms with E-state index in [0.717, 1.165) is 35.7 Å². The summed E-state index contributed by atoms with van der Waals surface area (Å²) < 4.78 is 32.3. The van der Waals surface area contributed by atoms with Crippen LogP contribution in [0.25, 0.3) is 0 Å². The van der Waals surface area contributed by atoms with Crippen LogP contribution in [0.4, 0.5) is 5.69 Å². The van der Waals surface area contributed by atoms with Gasteiger partial charge < -0.3 is 9.64 Å². The van der Waals surface area contributed by atoms with Gasteiger partial charge in [0.1, 0.15) is 4.90 Å². The highest BCUT2D eigenvalue weighted by Crippen LogP contribution is 2.31. The smallest absolute Gasteiger partial charge is 0.309 e. The van der Waals surface area contributed by atoms with E-state index in [1.807, 2.05) is 13.8 Å². The van der Waals surface area contributed by atoms with Crippen molar-refractivity contribution in [2.24, 2.45) is 5.92 Å². The van der Waals surface area contributed by atoms with Crippen molar-refractivity contribution in [1.82, 2.24) is 9.21 Å². The monoisotopic (exact) mass is 501 g/mol. The van der Waals surface area contributed by atoms with Gasteiger partial charge in [0.2, 0.25) is 10.0 Å². The Morgan fingerprint density at radius 3 is 2.33 bits per heavy atom. The van der Waals surface area contributed by atoms with Gasteiger partial charge in [0.05, 0.1) is 15.9 Å². The first-order valence-corrected chi connectivity index (χ1v) is 12.8. The lowest BCUT2D eigenvalue weighted by atomic mass is 9.97. The molecule has 2 saturated heterocycles. The number of nitrogens with zero attached hydrogens (tertiary/aromatic N) is 3. The summed E-state index contributed by atoms with van der Waals surface area (Å²) in [6, 6.07) is 3.46. The van der Waals surface area contributed by atoms with Gasteiger partial charge in [0.15, 0.2) is 6.61 Å². The van der Waals surface area contributed by atoms with E-state index in [1.165, 1.54) is 6.07 Å². The van der Waals surface area contributed by atoms with Crippen molar-refractivity contribution in [3.63, 3.8) is 0 Å². The number of nitro groups is 1. The molecule has 0 aromatic heterocycles. The number of carbonyl (C=O) groups is 2. The normalized spacial score (nSPS) is 22.7. The molecule has 1 amide bonds. The molecule has 2 atom stereocenters. The predicted molar refractivity (Wildman–Crippen MR) is 120 cm³/mol. The number of piperidine rings is 2. The summed E-state index contributed by atoms with van der Waals surface area (Å²) in [5.74, 6) is -1.27. The Bertz CT molecular complexity index is 1010. The highest BCUT2D eigenvalue weighted by Gasteiger charge is 2.35. The zero-order chi connectivity index (χ0) is 24.3. The third-order valence-corrected chi connectivity index (χ3v) is 8.73. The number of non-ortho nitro benzene ring substituents is 1. The minimum absolute atomic E-state index is 0.0370. The van der Waals surface area contributed by atoms with Gasteiger partial charge in [0, 0.05) is 37.3 Å². The molecule has 0 bridgehead atoms. The number of amides is 1. The first-order valence-electron chi connectivity index (χ1n) is 10.9. The molecule has 2 aliphatic rings. The summed E-state index contributed by atoms with van der Waals surface area (Å²) >= 11 is 6.00. The van der Waals surface area contributed by atoms with Crippen LogP contribution in [0.3, 0.4) is 0 Å². The largest absolute Gasteiger partial charge is 0.455 e. The van der Waals surface area contributed by atoms with E-state index in [4.69, 9.17) is 16.3 Å². The topological polar surface area (TPSA) is 127 Å². The van der Waals surface area contributed by atoms with Crippen molar-refractivity contribution >= 4 is 39.2 Å². The van der Waals surface area contributed by atoms with Crippen LogP contribution >= 0.6 is 11.6 Å². The van der Waals surface area contributed by atoms with Crippen LogP contribution in [0.15, 0.2) is 23.1 Å². The van der Waals surface area contributed by atoms with E-state index in [-0.39, 0.29) is 66.1 Å². The second-order valence-corrected chi connectivity index (χ2v) is 10.9. The molecule has 0 saturated carbocycles. The van der Waals surface area contributed by atoms with Gasteiger partial charge in [-0.1, -0.05) is 11.6 Å². The van der Waals surface area contributed by atoms with Crippen molar-refractivity contribution in [2.45, 2.75) is 62.9 Å². The lowest BCUT2D eigenvalue weighted by molar-refractivity contribution is -0.385. The molecule has 2 aliphatic heterocycles. The van der Waals surface area contributed by atoms with Crippen LogP contribution in [-0.4, -0.2) is 66.2 Å². The number of sulfonamides is 1. The molecule has 182 valence electrons. The van der Waals surface area contributed by atoms with Crippen LogP contribution in [0.2, 0.25) is 5.02 Å². The summed E-state index contributed by atoms with van der Waals surface area (Å²) in [4.78, 5) is 36.8. The van der Waals surface area contributed by atoms with E-state index >= 15 is 0 Å². The van der Waals surface area contributed by atoms with Crippen LogP contribution in [0.1, 0.15) is 46.0 Å². The highest BCUT2D eigenvalue weighted by atomic mass is 35.5. The van der Waals surface area contributed by atoms with E-state index in [9.17, 15) is 28.1 Å². The number of rotatable bonds is 6. The molecular formula is C21H28ClN3O7S. The zero-order valence-corrected chi connectivity index (χ0v) is 20.2. The molecule has 2 heterocycles. The standard InChI is InChI=1S/C21H28ClN3O7S/c1-14-4-3-5-15(2)24(14)20(26)13-32-21(27)16-8-10-23(11-9-16)33(30,31)19-12-17(25(28)29)6-7-18(19)22/h6-7,12,14-16H,3-5,8-11,13H2,1-2H3. The van der Waals surface area contributed by atoms with Gasteiger partial charge in [-0.15, -0.1) is 0 Å². The Kier molecular flexibility index (Phi) is 7.96. The number of benzene rings is 1. The molecule has 0 aliphatic carbocycles. The van der Waals surface area contributed by atoms with Gasteiger partial charge >= 0.3 is 5.97 Å². The van der Waals surface area contributed by atoms with Gasteiger partial charge in [-0.25, -0.2) is 8.42 Å². The molecule has 2 fully saturated rings. The second-order valence-electron chi connectivity index (χ2n) is 8.59. The number of halogens is 1. The average Bonchev–Trinajstić information content (AvgIpc) is 2.77. The number of carbonyl (C=O) groups excluding carboxylic acids is 2. The average molecular weight is 502 g/mol. The molecule has 1 aromatic rings. The maximum Gasteiger partial charge on any atom is 0.309 e. The number of ether oxygens (including phenoxy) is 1. The van der Waals surface area contributed by atoms with Crippen molar-refractivity contribution in [3.8, 4) is 0 Å². The molecule has 3 rings (SSSR count). The molecular weight excluding hydrogens is 474 g/mol. The molecule has 0 spiro atoms. The second kappa shape index (κ2) is 10.4.